The minimum absolute atomic E-state index is 0.174. The molecular formula is C12H15BrFNO. The highest BCUT2D eigenvalue weighted by Gasteiger charge is 2.20. The first-order valence-corrected chi connectivity index (χ1v) is 6.28. The molecule has 1 heterocycles. The lowest BCUT2D eigenvalue weighted by Crippen LogP contribution is -2.24. The summed E-state index contributed by atoms with van der Waals surface area (Å²) in [6.07, 6.45) is 2.93. The molecule has 1 unspecified atom stereocenters. The number of rotatable bonds is 2. The topological polar surface area (TPSA) is 32.3 Å². The van der Waals surface area contributed by atoms with Gasteiger partial charge in [0.1, 0.15) is 11.6 Å². The van der Waals surface area contributed by atoms with Crippen molar-refractivity contribution in [3.8, 4) is 5.75 Å². The van der Waals surface area contributed by atoms with Gasteiger partial charge in [0, 0.05) is 11.6 Å². The summed E-state index contributed by atoms with van der Waals surface area (Å²) in [4.78, 5) is 0. The number of hydrogen-bond donors (Lipinski definition) is 2. The molecule has 1 saturated heterocycles. The monoisotopic (exact) mass is 287 g/mol. The van der Waals surface area contributed by atoms with Gasteiger partial charge in [0.2, 0.25) is 0 Å². The SMILES string of the molecule is Cc1c(F)cc(Br)c(O)c1CC1CCCN1. The van der Waals surface area contributed by atoms with E-state index in [1.54, 1.807) is 6.92 Å². The van der Waals surface area contributed by atoms with Gasteiger partial charge in [0.15, 0.2) is 0 Å². The summed E-state index contributed by atoms with van der Waals surface area (Å²) in [7, 11) is 0. The zero-order valence-electron chi connectivity index (χ0n) is 9.19. The first kappa shape index (κ1) is 11.9. The molecule has 0 saturated carbocycles. The predicted octanol–water partition coefficient (Wildman–Crippen LogP) is 2.90. The van der Waals surface area contributed by atoms with Crippen molar-refractivity contribution in [3.05, 3.63) is 27.5 Å². The fourth-order valence-corrected chi connectivity index (χ4v) is 2.62. The summed E-state index contributed by atoms with van der Waals surface area (Å²) in [5, 5.41) is 13.3. The summed E-state index contributed by atoms with van der Waals surface area (Å²) in [6, 6.07) is 1.68. The molecule has 2 nitrogen and oxygen atoms in total. The Morgan fingerprint density at radius 1 is 1.62 bits per heavy atom. The van der Waals surface area contributed by atoms with Gasteiger partial charge in [0.25, 0.3) is 0 Å². The first-order chi connectivity index (χ1) is 7.59. The van der Waals surface area contributed by atoms with Crippen LogP contribution in [0.3, 0.4) is 0 Å². The summed E-state index contributed by atoms with van der Waals surface area (Å²) >= 11 is 3.17. The molecule has 0 radical (unpaired) electrons. The van der Waals surface area contributed by atoms with Crippen LogP contribution in [0, 0.1) is 12.7 Å². The number of halogens is 2. The van der Waals surface area contributed by atoms with Gasteiger partial charge in [-0.15, -0.1) is 0 Å². The van der Waals surface area contributed by atoms with Crippen LogP contribution in [-0.4, -0.2) is 17.7 Å². The number of nitrogens with one attached hydrogen (secondary N) is 1. The third kappa shape index (κ3) is 2.23. The van der Waals surface area contributed by atoms with Crippen molar-refractivity contribution >= 4 is 15.9 Å². The molecule has 0 bridgehead atoms. The average molecular weight is 288 g/mol. The third-order valence-electron chi connectivity index (χ3n) is 3.19. The zero-order chi connectivity index (χ0) is 11.7. The van der Waals surface area contributed by atoms with E-state index in [-0.39, 0.29) is 11.6 Å². The fourth-order valence-electron chi connectivity index (χ4n) is 2.18. The number of benzene rings is 1. The lowest BCUT2D eigenvalue weighted by atomic mass is 9.99. The lowest BCUT2D eigenvalue weighted by Gasteiger charge is -2.15. The Bertz CT molecular complexity index is 376. The summed E-state index contributed by atoms with van der Waals surface area (Å²) in [5.74, 6) is -0.0923. The predicted molar refractivity (Wildman–Crippen MR) is 65.2 cm³/mol. The van der Waals surface area contributed by atoms with Crippen molar-refractivity contribution in [2.24, 2.45) is 0 Å². The second kappa shape index (κ2) is 4.72. The van der Waals surface area contributed by atoms with E-state index in [0.717, 1.165) is 19.4 Å². The molecule has 0 aliphatic carbocycles. The van der Waals surface area contributed by atoms with Gasteiger partial charge in [0.05, 0.1) is 4.47 Å². The van der Waals surface area contributed by atoms with Gasteiger partial charge >= 0.3 is 0 Å². The van der Waals surface area contributed by atoms with E-state index in [4.69, 9.17) is 0 Å². The summed E-state index contributed by atoms with van der Waals surface area (Å²) in [5.41, 5.74) is 1.26. The molecule has 16 heavy (non-hydrogen) atoms. The van der Waals surface area contributed by atoms with Crippen molar-refractivity contribution in [2.45, 2.75) is 32.2 Å². The van der Waals surface area contributed by atoms with Crippen molar-refractivity contribution in [1.29, 1.82) is 0 Å². The standard InChI is InChI=1S/C12H15BrFNO/c1-7-9(5-8-3-2-4-15-8)12(16)10(13)6-11(7)14/h6,8,15-16H,2-5H2,1H3. The van der Waals surface area contributed by atoms with Crippen LogP contribution < -0.4 is 5.32 Å². The molecular weight excluding hydrogens is 273 g/mol. The summed E-state index contributed by atoms with van der Waals surface area (Å²) in [6.45, 7) is 2.73. The largest absolute Gasteiger partial charge is 0.506 e. The normalized spacial score (nSPS) is 20.3. The quantitative estimate of drug-likeness (QED) is 0.877. The molecule has 1 aromatic carbocycles. The molecule has 0 spiro atoms. The highest BCUT2D eigenvalue weighted by molar-refractivity contribution is 9.10. The molecule has 2 N–H and O–H groups in total. The maximum Gasteiger partial charge on any atom is 0.133 e. The molecule has 1 fully saturated rings. The van der Waals surface area contributed by atoms with Crippen LogP contribution >= 0.6 is 15.9 Å². The first-order valence-electron chi connectivity index (χ1n) is 5.49. The molecule has 1 aliphatic rings. The number of phenols is 1. The van der Waals surface area contributed by atoms with Crippen LogP contribution in [-0.2, 0) is 6.42 Å². The van der Waals surface area contributed by atoms with E-state index in [2.05, 4.69) is 21.2 Å². The molecule has 1 atom stereocenters. The highest BCUT2D eigenvalue weighted by Crippen LogP contribution is 2.33. The van der Waals surface area contributed by atoms with E-state index in [1.807, 2.05) is 0 Å². The van der Waals surface area contributed by atoms with Crippen molar-refractivity contribution < 1.29 is 9.50 Å². The zero-order valence-corrected chi connectivity index (χ0v) is 10.8. The molecule has 0 amide bonds. The van der Waals surface area contributed by atoms with Crippen LogP contribution in [0.15, 0.2) is 10.5 Å². The Morgan fingerprint density at radius 3 is 3.00 bits per heavy atom. The second-order valence-corrected chi connectivity index (χ2v) is 5.14. The van der Waals surface area contributed by atoms with Crippen molar-refractivity contribution in [1.82, 2.24) is 5.32 Å². The van der Waals surface area contributed by atoms with Gasteiger partial charge in [-0.05, 0) is 60.3 Å². The number of aromatic hydroxyl groups is 1. The summed E-state index contributed by atoms with van der Waals surface area (Å²) < 4.78 is 14.0. The van der Waals surface area contributed by atoms with E-state index < -0.39 is 0 Å². The molecule has 1 aromatic rings. The number of phenolic OH excluding ortho intramolecular Hbond substituents is 1. The van der Waals surface area contributed by atoms with Crippen LogP contribution in [0.5, 0.6) is 5.75 Å². The van der Waals surface area contributed by atoms with Crippen LogP contribution in [0.1, 0.15) is 24.0 Å². The van der Waals surface area contributed by atoms with E-state index >= 15 is 0 Å². The van der Waals surface area contributed by atoms with Crippen molar-refractivity contribution in [3.63, 3.8) is 0 Å². The van der Waals surface area contributed by atoms with Crippen molar-refractivity contribution in [2.75, 3.05) is 6.54 Å². The average Bonchev–Trinajstić information content (AvgIpc) is 2.74. The van der Waals surface area contributed by atoms with E-state index in [9.17, 15) is 9.50 Å². The van der Waals surface area contributed by atoms with Gasteiger partial charge in [-0.2, -0.15) is 0 Å². The third-order valence-corrected chi connectivity index (χ3v) is 3.79. The second-order valence-electron chi connectivity index (χ2n) is 4.29. The Hall–Kier alpha value is -0.610. The van der Waals surface area contributed by atoms with Crippen LogP contribution in [0.4, 0.5) is 4.39 Å². The minimum atomic E-state index is -0.266. The van der Waals surface area contributed by atoms with Gasteiger partial charge in [-0.3, -0.25) is 0 Å². The molecule has 88 valence electrons. The molecule has 4 heteroatoms. The lowest BCUT2D eigenvalue weighted by molar-refractivity contribution is 0.454. The van der Waals surface area contributed by atoms with Crippen LogP contribution in [0.2, 0.25) is 0 Å². The highest BCUT2D eigenvalue weighted by atomic mass is 79.9. The fraction of sp³-hybridized carbons (Fsp3) is 0.500. The van der Waals surface area contributed by atoms with Gasteiger partial charge in [-0.25, -0.2) is 4.39 Å². The smallest absolute Gasteiger partial charge is 0.133 e. The molecule has 1 aliphatic heterocycles. The number of hydrogen-bond acceptors (Lipinski definition) is 2. The maximum atomic E-state index is 13.5. The van der Waals surface area contributed by atoms with Gasteiger partial charge in [-0.1, -0.05) is 0 Å². The van der Waals surface area contributed by atoms with E-state index in [1.165, 1.54) is 6.07 Å². The van der Waals surface area contributed by atoms with E-state index in [0.29, 0.717) is 28.1 Å². The Morgan fingerprint density at radius 2 is 2.38 bits per heavy atom. The Balaban J connectivity index is 2.31. The Kier molecular flexibility index (Phi) is 3.50. The Labute approximate surface area is 103 Å². The molecule has 2 rings (SSSR count). The van der Waals surface area contributed by atoms with Gasteiger partial charge < -0.3 is 10.4 Å². The van der Waals surface area contributed by atoms with Crippen LogP contribution in [0.25, 0.3) is 0 Å². The minimum Gasteiger partial charge on any atom is -0.506 e. The molecule has 0 aromatic heterocycles. The maximum absolute atomic E-state index is 13.5.